The second-order valence-corrected chi connectivity index (χ2v) is 6.38. The molecule has 21 heavy (non-hydrogen) atoms. The molecule has 1 heterocycles. The number of amides is 2. The highest BCUT2D eigenvalue weighted by molar-refractivity contribution is 5.74. The summed E-state index contributed by atoms with van der Waals surface area (Å²) in [6, 6.07) is 0.546. The van der Waals surface area contributed by atoms with Crippen LogP contribution >= 0.6 is 0 Å². The van der Waals surface area contributed by atoms with Crippen molar-refractivity contribution in [3.8, 4) is 0 Å². The number of rotatable bonds is 6. The van der Waals surface area contributed by atoms with E-state index in [0.717, 1.165) is 32.2 Å². The van der Waals surface area contributed by atoms with Crippen molar-refractivity contribution in [2.45, 2.75) is 70.3 Å². The second kappa shape index (κ2) is 8.25. The van der Waals surface area contributed by atoms with Gasteiger partial charge in [0.25, 0.3) is 0 Å². The minimum absolute atomic E-state index is 0.0878. The largest absolute Gasteiger partial charge is 0.481 e. The van der Waals surface area contributed by atoms with E-state index in [1.807, 2.05) is 0 Å². The summed E-state index contributed by atoms with van der Waals surface area (Å²) in [6.45, 7) is 1.55. The molecule has 2 rings (SSSR count). The fourth-order valence-electron chi connectivity index (χ4n) is 3.75. The molecule has 0 aromatic heterocycles. The van der Waals surface area contributed by atoms with Crippen molar-refractivity contribution < 1.29 is 14.7 Å². The van der Waals surface area contributed by atoms with Crippen LogP contribution in [-0.4, -0.2) is 41.1 Å². The number of urea groups is 1. The Morgan fingerprint density at radius 2 is 1.81 bits per heavy atom. The highest BCUT2D eigenvalue weighted by atomic mass is 16.4. The molecule has 0 spiro atoms. The van der Waals surface area contributed by atoms with E-state index in [1.54, 1.807) is 0 Å². The summed E-state index contributed by atoms with van der Waals surface area (Å²) >= 11 is 0. The number of carbonyl (C=O) groups is 2. The van der Waals surface area contributed by atoms with Gasteiger partial charge >= 0.3 is 12.0 Å². The Morgan fingerprint density at radius 3 is 2.62 bits per heavy atom. The lowest BCUT2D eigenvalue weighted by molar-refractivity contribution is -0.137. The normalized spacial score (nSPS) is 25.2. The van der Waals surface area contributed by atoms with Gasteiger partial charge in [0, 0.05) is 25.6 Å². The van der Waals surface area contributed by atoms with E-state index >= 15 is 0 Å². The van der Waals surface area contributed by atoms with E-state index in [2.05, 4.69) is 10.2 Å². The van der Waals surface area contributed by atoms with Crippen LogP contribution in [0, 0.1) is 5.92 Å². The Labute approximate surface area is 127 Å². The zero-order chi connectivity index (χ0) is 15.1. The lowest BCUT2D eigenvalue weighted by atomic mass is 9.78. The van der Waals surface area contributed by atoms with Gasteiger partial charge in [-0.3, -0.25) is 4.79 Å². The number of nitrogens with one attached hydrogen (secondary N) is 1. The van der Waals surface area contributed by atoms with E-state index in [0.29, 0.717) is 24.9 Å². The van der Waals surface area contributed by atoms with Crippen molar-refractivity contribution in [3.05, 3.63) is 0 Å². The van der Waals surface area contributed by atoms with Crippen LogP contribution in [-0.2, 0) is 4.79 Å². The Morgan fingerprint density at radius 1 is 1.05 bits per heavy atom. The molecule has 5 heteroatoms. The van der Waals surface area contributed by atoms with Gasteiger partial charge in [0.1, 0.15) is 0 Å². The number of carboxylic acids is 1. The molecule has 2 atom stereocenters. The first-order valence-corrected chi connectivity index (χ1v) is 8.45. The van der Waals surface area contributed by atoms with Gasteiger partial charge in [0.2, 0.25) is 0 Å². The molecule has 5 nitrogen and oxygen atoms in total. The average Bonchev–Trinajstić information content (AvgIpc) is 2.49. The number of carboxylic acid groups (broad SMARTS) is 1. The maximum Gasteiger partial charge on any atom is 0.317 e. The van der Waals surface area contributed by atoms with Gasteiger partial charge in [-0.05, 0) is 44.4 Å². The minimum atomic E-state index is -0.740. The molecule has 120 valence electrons. The number of piperidine rings is 1. The molecule has 2 fully saturated rings. The lowest BCUT2D eigenvalue weighted by Crippen LogP contribution is -2.53. The number of hydrogen-bond acceptors (Lipinski definition) is 2. The number of aliphatic carboxylic acids is 1. The number of unbranched alkanes of at least 4 members (excludes halogenated alkanes) is 2. The highest BCUT2D eigenvalue weighted by Crippen LogP contribution is 2.35. The first-order chi connectivity index (χ1) is 10.2. The first kappa shape index (κ1) is 16.1. The third kappa shape index (κ3) is 4.90. The van der Waals surface area contributed by atoms with Crippen LogP contribution in [0.4, 0.5) is 4.79 Å². The van der Waals surface area contributed by atoms with Gasteiger partial charge in [0.05, 0.1) is 0 Å². The average molecular weight is 296 g/mol. The summed E-state index contributed by atoms with van der Waals surface area (Å²) in [5, 5.41) is 11.6. The van der Waals surface area contributed by atoms with Gasteiger partial charge in [-0.1, -0.05) is 19.3 Å². The Kier molecular flexibility index (Phi) is 6.33. The molecule has 0 radical (unpaired) electrons. The zero-order valence-electron chi connectivity index (χ0n) is 12.9. The van der Waals surface area contributed by atoms with Crippen molar-refractivity contribution in [2.24, 2.45) is 5.92 Å². The fraction of sp³-hybridized carbons (Fsp3) is 0.875. The van der Waals surface area contributed by atoms with E-state index in [-0.39, 0.29) is 12.5 Å². The maximum atomic E-state index is 12.3. The van der Waals surface area contributed by atoms with Crippen molar-refractivity contribution >= 4 is 12.0 Å². The predicted molar refractivity (Wildman–Crippen MR) is 81.2 cm³/mol. The topological polar surface area (TPSA) is 69.6 Å². The van der Waals surface area contributed by atoms with Gasteiger partial charge in [-0.15, -0.1) is 0 Å². The van der Waals surface area contributed by atoms with Crippen LogP contribution in [0.2, 0.25) is 0 Å². The van der Waals surface area contributed by atoms with Crippen molar-refractivity contribution in [2.75, 3.05) is 13.1 Å². The fourth-order valence-corrected chi connectivity index (χ4v) is 3.75. The zero-order valence-corrected chi connectivity index (χ0v) is 12.9. The smallest absolute Gasteiger partial charge is 0.317 e. The standard InChI is InChI=1S/C16H28N2O3/c19-15(20)10-2-1-5-11-17-16(21)18-12-6-8-13-7-3-4-9-14(13)18/h13-14H,1-12H2,(H,17,21)(H,19,20)/t13-,14-/m1/s1. The van der Waals surface area contributed by atoms with Gasteiger partial charge in [-0.25, -0.2) is 4.79 Å². The quantitative estimate of drug-likeness (QED) is 0.740. The highest BCUT2D eigenvalue weighted by Gasteiger charge is 2.35. The van der Waals surface area contributed by atoms with Crippen LogP contribution in [0.5, 0.6) is 0 Å². The third-order valence-corrected chi connectivity index (χ3v) is 4.85. The molecule has 2 aliphatic rings. The monoisotopic (exact) mass is 296 g/mol. The van der Waals surface area contributed by atoms with E-state index in [1.165, 1.54) is 25.7 Å². The van der Waals surface area contributed by atoms with Gasteiger partial charge in [-0.2, -0.15) is 0 Å². The molecule has 0 bridgehead atoms. The number of carbonyl (C=O) groups excluding carboxylic acids is 1. The first-order valence-electron chi connectivity index (χ1n) is 8.45. The molecule has 0 aromatic carbocycles. The van der Waals surface area contributed by atoms with Crippen molar-refractivity contribution in [3.63, 3.8) is 0 Å². The van der Waals surface area contributed by atoms with Crippen LogP contribution in [0.1, 0.15) is 64.2 Å². The second-order valence-electron chi connectivity index (χ2n) is 6.38. The lowest BCUT2D eigenvalue weighted by Gasteiger charge is -2.44. The molecule has 1 aliphatic heterocycles. The van der Waals surface area contributed by atoms with Crippen LogP contribution in [0.3, 0.4) is 0 Å². The Hall–Kier alpha value is -1.26. The summed E-state index contributed by atoms with van der Waals surface area (Å²) in [6.07, 6.45) is 10.1. The number of nitrogens with zero attached hydrogens (tertiary/aromatic N) is 1. The van der Waals surface area contributed by atoms with Gasteiger partial charge < -0.3 is 15.3 Å². The SMILES string of the molecule is O=C(O)CCCCCNC(=O)N1CCC[C@H]2CCCC[C@H]21. The summed E-state index contributed by atoms with van der Waals surface area (Å²) in [4.78, 5) is 24.8. The molecule has 0 unspecified atom stereocenters. The van der Waals surface area contributed by atoms with E-state index in [4.69, 9.17) is 5.11 Å². The molecule has 0 aromatic rings. The minimum Gasteiger partial charge on any atom is -0.481 e. The number of hydrogen-bond donors (Lipinski definition) is 2. The van der Waals surface area contributed by atoms with E-state index in [9.17, 15) is 9.59 Å². The molecular weight excluding hydrogens is 268 g/mol. The summed E-state index contributed by atoms with van der Waals surface area (Å²) in [5.41, 5.74) is 0. The molecular formula is C16H28N2O3. The third-order valence-electron chi connectivity index (χ3n) is 4.85. The Bertz CT molecular complexity index is 357. The molecule has 1 aliphatic carbocycles. The molecule has 1 saturated carbocycles. The number of fused-ring (bicyclic) bond motifs is 1. The predicted octanol–water partition coefficient (Wildman–Crippen LogP) is 3.00. The van der Waals surface area contributed by atoms with Crippen LogP contribution in [0.25, 0.3) is 0 Å². The van der Waals surface area contributed by atoms with Crippen molar-refractivity contribution in [1.29, 1.82) is 0 Å². The summed E-state index contributed by atoms with van der Waals surface area (Å²) in [7, 11) is 0. The molecule has 2 amide bonds. The van der Waals surface area contributed by atoms with Crippen molar-refractivity contribution in [1.82, 2.24) is 10.2 Å². The van der Waals surface area contributed by atoms with Crippen LogP contribution in [0.15, 0.2) is 0 Å². The van der Waals surface area contributed by atoms with E-state index < -0.39 is 5.97 Å². The number of likely N-dealkylation sites (tertiary alicyclic amines) is 1. The molecule has 1 saturated heterocycles. The van der Waals surface area contributed by atoms with Gasteiger partial charge in [0.15, 0.2) is 0 Å². The summed E-state index contributed by atoms with van der Waals surface area (Å²) < 4.78 is 0. The molecule has 2 N–H and O–H groups in total. The maximum absolute atomic E-state index is 12.3. The van der Waals surface area contributed by atoms with Crippen LogP contribution < -0.4 is 5.32 Å². The summed E-state index contributed by atoms with van der Waals surface area (Å²) in [5.74, 6) is -0.0236. The Balaban J connectivity index is 1.66.